The predicted molar refractivity (Wildman–Crippen MR) is 93.8 cm³/mol. The van der Waals surface area contributed by atoms with E-state index >= 15 is 0 Å². The fourth-order valence-corrected chi connectivity index (χ4v) is 3.41. The molecule has 0 aliphatic heterocycles. The van der Waals surface area contributed by atoms with Gasteiger partial charge in [0.15, 0.2) is 0 Å². The average molecular weight is 341 g/mol. The molecule has 1 heterocycles. The number of carbonyl (C=O) groups is 2. The molecule has 0 radical (unpaired) electrons. The number of rotatable bonds is 4. The quantitative estimate of drug-likeness (QED) is 0.837. The zero-order valence-electron chi connectivity index (χ0n) is 14.4. The van der Waals surface area contributed by atoms with Gasteiger partial charge in [0.1, 0.15) is 5.54 Å². The van der Waals surface area contributed by atoms with E-state index in [1.54, 1.807) is 23.0 Å². The van der Waals surface area contributed by atoms with Crippen molar-refractivity contribution in [2.24, 2.45) is 0 Å². The SMILES string of the molecule is Cc1ccnn1-c1ccc(C(=O)NC2(C(=O)O)CCCCCC2)cc1. The van der Waals surface area contributed by atoms with E-state index < -0.39 is 11.5 Å². The summed E-state index contributed by atoms with van der Waals surface area (Å²) in [5.41, 5.74) is 1.17. The number of carboxylic acids is 1. The van der Waals surface area contributed by atoms with Crippen LogP contribution >= 0.6 is 0 Å². The van der Waals surface area contributed by atoms with Crippen molar-refractivity contribution in [3.05, 3.63) is 47.8 Å². The van der Waals surface area contributed by atoms with Crippen LogP contribution < -0.4 is 5.32 Å². The van der Waals surface area contributed by atoms with E-state index in [0.29, 0.717) is 18.4 Å². The molecule has 1 aliphatic carbocycles. The van der Waals surface area contributed by atoms with Gasteiger partial charge in [-0.2, -0.15) is 5.10 Å². The molecule has 0 spiro atoms. The molecule has 6 nitrogen and oxygen atoms in total. The number of benzene rings is 1. The maximum Gasteiger partial charge on any atom is 0.329 e. The normalized spacial score (nSPS) is 16.8. The van der Waals surface area contributed by atoms with Crippen LogP contribution in [0.3, 0.4) is 0 Å². The van der Waals surface area contributed by atoms with E-state index in [0.717, 1.165) is 37.1 Å². The Labute approximate surface area is 146 Å². The van der Waals surface area contributed by atoms with Crippen molar-refractivity contribution in [3.8, 4) is 5.69 Å². The molecular weight excluding hydrogens is 318 g/mol. The molecule has 1 aromatic heterocycles. The van der Waals surface area contributed by atoms with Crippen molar-refractivity contribution in [1.29, 1.82) is 0 Å². The van der Waals surface area contributed by atoms with Crippen molar-refractivity contribution in [2.45, 2.75) is 51.0 Å². The molecular formula is C19H23N3O3. The van der Waals surface area contributed by atoms with Gasteiger partial charge in [0.25, 0.3) is 5.91 Å². The van der Waals surface area contributed by atoms with Crippen molar-refractivity contribution < 1.29 is 14.7 Å². The van der Waals surface area contributed by atoms with Crippen LogP contribution in [0.15, 0.2) is 36.5 Å². The first-order valence-corrected chi connectivity index (χ1v) is 8.69. The van der Waals surface area contributed by atoms with Gasteiger partial charge < -0.3 is 10.4 Å². The van der Waals surface area contributed by atoms with E-state index in [2.05, 4.69) is 10.4 Å². The Bertz CT molecular complexity index is 756. The first-order valence-electron chi connectivity index (χ1n) is 8.69. The molecule has 1 fully saturated rings. The smallest absolute Gasteiger partial charge is 0.329 e. The fourth-order valence-electron chi connectivity index (χ4n) is 3.41. The second-order valence-electron chi connectivity index (χ2n) is 6.69. The number of aryl methyl sites for hydroxylation is 1. The average Bonchev–Trinajstić information content (AvgIpc) is 2.88. The van der Waals surface area contributed by atoms with Gasteiger partial charge >= 0.3 is 5.97 Å². The van der Waals surface area contributed by atoms with Crippen LogP contribution in [0.25, 0.3) is 5.69 Å². The van der Waals surface area contributed by atoms with Crippen LogP contribution in [0.1, 0.15) is 54.6 Å². The zero-order valence-corrected chi connectivity index (χ0v) is 14.4. The summed E-state index contributed by atoms with van der Waals surface area (Å²) in [5.74, 6) is -1.28. The summed E-state index contributed by atoms with van der Waals surface area (Å²) in [5, 5.41) is 16.7. The second kappa shape index (κ2) is 7.09. The molecule has 25 heavy (non-hydrogen) atoms. The van der Waals surface area contributed by atoms with E-state index in [4.69, 9.17) is 0 Å². The highest BCUT2D eigenvalue weighted by Crippen LogP contribution is 2.28. The first kappa shape index (κ1) is 17.2. The lowest BCUT2D eigenvalue weighted by atomic mass is 9.90. The molecule has 132 valence electrons. The lowest BCUT2D eigenvalue weighted by Gasteiger charge is -2.29. The fraction of sp³-hybridized carbons (Fsp3) is 0.421. The molecule has 1 amide bonds. The van der Waals surface area contributed by atoms with Crippen molar-refractivity contribution in [1.82, 2.24) is 15.1 Å². The van der Waals surface area contributed by atoms with Gasteiger partial charge in [-0.1, -0.05) is 25.7 Å². The topological polar surface area (TPSA) is 84.2 Å². The van der Waals surface area contributed by atoms with Gasteiger partial charge in [-0.05, 0) is 50.1 Å². The Morgan fingerprint density at radius 2 is 1.72 bits per heavy atom. The number of hydrogen-bond donors (Lipinski definition) is 2. The standard InChI is InChI=1S/C19H23N3O3/c1-14-10-13-20-22(14)16-8-6-15(7-9-16)17(23)21-19(18(24)25)11-4-2-3-5-12-19/h6-10,13H,2-5,11-12H2,1H3,(H,21,23)(H,24,25). The third-order valence-electron chi connectivity index (χ3n) is 4.93. The van der Waals surface area contributed by atoms with Gasteiger partial charge in [-0.15, -0.1) is 0 Å². The number of hydrogen-bond acceptors (Lipinski definition) is 3. The summed E-state index contributed by atoms with van der Waals surface area (Å²) in [6.07, 6.45) is 6.37. The number of nitrogens with zero attached hydrogens (tertiary/aromatic N) is 2. The van der Waals surface area contributed by atoms with Crippen LogP contribution in [0.4, 0.5) is 0 Å². The monoisotopic (exact) mass is 341 g/mol. The minimum atomic E-state index is -1.15. The van der Waals surface area contributed by atoms with Crippen LogP contribution in [0.5, 0.6) is 0 Å². The molecule has 6 heteroatoms. The second-order valence-corrected chi connectivity index (χ2v) is 6.69. The Morgan fingerprint density at radius 1 is 1.08 bits per heavy atom. The predicted octanol–water partition coefficient (Wildman–Crippen LogP) is 3.09. The molecule has 0 saturated heterocycles. The summed E-state index contributed by atoms with van der Waals surface area (Å²) >= 11 is 0. The highest BCUT2D eigenvalue weighted by molar-refractivity contribution is 5.98. The molecule has 2 N–H and O–H groups in total. The summed E-state index contributed by atoms with van der Waals surface area (Å²) in [7, 11) is 0. The molecule has 1 saturated carbocycles. The van der Waals surface area contributed by atoms with Crippen LogP contribution in [0.2, 0.25) is 0 Å². The molecule has 2 aromatic rings. The van der Waals surface area contributed by atoms with Gasteiger partial charge in [-0.25, -0.2) is 9.48 Å². The molecule has 1 aliphatic rings. The van der Waals surface area contributed by atoms with Crippen LogP contribution in [-0.2, 0) is 4.79 Å². The van der Waals surface area contributed by atoms with Gasteiger partial charge in [0.2, 0.25) is 0 Å². The number of carboxylic acid groups (broad SMARTS) is 1. The van der Waals surface area contributed by atoms with Crippen molar-refractivity contribution in [2.75, 3.05) is 0 Å². The summed E-state index contributed by atoms with van der Waals surface area (Å²) < 4.78 is 1.78. The number of carbonyl (C=O) groups excluding carboxylic acids is 1. The Kier molecular flexibility index (Phi) is 4.88. The lowest BCUT2D eigenvalue weighted by Crippen LogP contribution is -2.54. The lowest BCUT2D eigenvalue weighted by molar-refractivity contribution is -0.145. The molecule has 0 unspecified atom stereocenters. The summed E-state index contributed by atoms with van der Waals surface area (Å²) in [4.78, 5) is 24.4. The minimum absolute atomic E-state index is 0.340. The summed E-state index contributed by atoms with van der Waals surface area (Å²) in [6.45, 7) is 1.95. The maximum atomic E-state index is 12.6. The Morgan fingerprint density at radius 3 is 2.24 bits per heavy atom. The van der Waals surface area contributed by atoms with Crippen molar-refractivity contribution >= 4 is 11.9 Å². The number of aromatic nitrogens is 2. The molecule has 0 bridgehead atoms. The van der Waals surface area contributed by atoms with E-state index in [-0.39, 0.29) is 5.91 Å². The van der Waals surface area contributed by atoms with Crippen LogP contribution in [-0.4, -0.2) is 32.3 Å². The van der Waals surface area contributed by atoms with E-state index in [1.165, 1.54) is 0 Å². The summed E-state index contributed by atoms with van der Waals surface area (Å²) in [6, 6.07) is 8.95. The minimum Gasteiger partial charge on any atom is -0.480 e. The van der Waals surface area contributed by atoms with E-state index in [9.17, 15) is 14.7 Å². The third-order valence-corrected chi connectivity index (χ3v) is 4.93. The Hall–Kier alpha value is -2.63. The highest BCUT2D eigenvalue weighted by atomic mass is 16.4. The highest BCUT2D eigenvalue weighted by Gasteiger charge is 2.40. The number of aliphatic carboxylic acids is 1. The zero-order chi connectivity index (χ0) is 17.9. The van der Waals surface area contributed by atoms with Crippen LogP contribution in [0, 0.1) is 6.92 Å². The van der Waals surface area contributed by atoms with Crippen molar-refractivity contribution in [3.63, 3.8) is 0 Å². The van der Waals surface area contributed by atoms with Gasteiger partial charge in [-0.3, -0.25) is 4.79 Å². The largest absolute Gasteiger partial charge is 0.480 e. The number of amides is 1. The third kappa shape index (κ3) is 3.57. The van der Waals surface area contributed by atoms with Gasteiger partial charge in [0, 0.05) is 17.5 Å². The molecule has 1 aromatic carbocycles. The maximum absolute atomic E-state index is 12.6. The van der Waals surface area contributed by atoms with E-state index in [1.807, 2.05) is 25.1 Å². The number of nitrogens with one attached hydrogen (secondary N) is 1. The van der Waals surface area contributed by atoms with Gasteiger partial charge in [0.05, 0.1) is 5.69 Å². The Balaban J connectivity index is 1.78. The first-order chi connectivity index (χ1) is 12.0. The molecule has 0 atom stereocenters. The molecule has 3 rings (SSSR count).